The third-order valence-corrected chi connectivity index (χ3v) is 7.64. The van der Waals surface area contributed by atoms with Gasteiger partial charge in [0.25, 0.3) is 5.91 Å². The van der Waals surface area contributed by atoms with Crippen LogP contribution in [0.1, 0.15) is 29.9 Å². The summed E-state index contributed by atoms with van der Waals surface area (Å²) in [5, 5.41) is 5.67. The number of rotatable bonds is 10. The Hall–Kier alpha value is -4.93. The average Bonchev–Trinajstić information content (AvgIpc) is 3.47. The van der Waals surface area contributed by atoms with E-state index in [0.29, 0.717) is 17.2 Å². The number of halogens is 3. The standard InChI is InChI=1S/C26H26F3N7O6S/c1-14(2)43(38,39)35-23(37)19-8-15(12-30-24(19)42-5)20-13-31-25(32-16-9-17(40-3)11-18(10-16)41-4)33-22(20)36-7-6-21(34-36)26(27,28)29/h6-14H,1-5H3,(H,35,37)(H,31,32,33). The molecule has 0 atom stereocenters. The van der Waals surface area contributed by atoms with Gasteiger partial charge in [-0.2, -0.15) is 23.3 Å². The Kier molecular flexibility index (Phi) is 8.75. The first kappa shape index (κ1) is 31.0. The number of hydrogen-bond donors (Lipinski definition) is 2. The zero-order chi connectivity index (χ0) is 31.5. The molecule has 4 aromatic rings. The Balaban J connectivity index is 1.84. The molecule has 0 unspecified atom stereocenters. The van der Waals surface area contributed by atoms with E-state index in [1.165, 1.54) is 53.6 Å². The Bertz CT molecular complexity index is 1740. The normalized spacial score (nSPS) is 11.7. The van der Waals surface area contributed by atoms with Crippen molar-refractivity contribution in [1.82, 2.24) is 29.5 Å². The minimum Gasteiger partial charge on any atom is -0.497 e. The zero-order valence-corrected chi connectivity index (χ0v) is 24.2. The highest BCUT2D eigenvalue weighted by Gasteiger charge is 2.34. The summed E-state index contributed by atoms with van der Waals surface area (Å²) in [6.45, 7) is 2.78. The minimum absolute atomic E-state index is 0.0272. The maximum absolute atomic E-state index is 13.4. The monoisotopic (exact) mass is 621 g/mol. The van der Waals surface area contributed by atoms with Crippen LogP contribution in [0.5, 0.6) is 17.4 Å². The number of alkyl halides is 3. The molecule has 0 saturated carbocycles. The summed E-state index contributed by atoms with van der Waals surface area (Å²) in [4.78, 5) is 25.7. The van der Waals surface area contributed by atoms with Crippen LogP contribution in [0, 0.1) is 0 Å². The van der Waals surface area contributed by atoms with E-state index in [4.69, 9.17) is 14.2 Å². The highest BCUT2D eigenvalue weighted by Crippen LogP contribution is 2.33. The van der Waals surface area contributed by atoms with Crippen molar-refractivity contribution in [1.29, 1.82) is 0 Å². The van der Waals surface area contributed by atoms with E-state index in [1.807, 2.05) is 4.72 Å². The van der Waals surface area contributed by atoms with Crippen molar-refractivity contribution < 1.29 is 40.6 Å². The quantitative estimate of drug-likeness (QED) is 0.264. The van der Waals surface area contributed by atoms with E-state index in [2.05, 4.69) is 25.4 Å². The van der Waals surface area contributed by atoms with Crippen LogP contribution in [0.2, 0.25) is 0 Å². The molecule has 1 aromatic carbocycles. The van der Waals surface area contributed by atoms with Crippen LogP contribution in [0.3, 0.4) is 0 Å². The van der Waals surface area contributed by atoms with Gasteiger partial charge in [0, 0.05) is 53.6 Å². The van der Waals surface area contributed by atoms with Crippen LogP contribution >= 0.6 is 0 Å². The summed E-state index contributed by atoms with van der Waals surface area (Å²) in [5.41, 5.74) is -0.709. The largest absolute Gasteiger partial charge is 0.497 e. The summed E-state index contributed by atoms with van der Waals surface area (Å²) in [6.07, 6.45) is -1.12. The zero-order valence-electron chi connectivity index (χ0n) is 23.4. The summed E-state index contributed by atoms with van der Waals surface area (Å²) < 4.78 is 83.4. The first-order valence-electron chi connectivity index (χ1n) is 12.4. The number of aromatic nitrogens is 5. The minimum atomic E-state index is -4.73. The molecule has 0 saturated heterocycles. The van der Waals surface area contributed by atoms with Crippen molar-refractivity contribution in [2.75, 3.05) is 26.6 Å². The molecule has 3 aromatic heterocycles. The van der Waals surface area contributed by atoms with Gasteiger partial charge in [0.05, 0.1) is 26.6 Å². The van der Waals surface area contributed by atoms with Gasteiger partial charge in [-0.05, 0) is 26.0 Å². The molecule has 0 fully saturated rings. The third-order valence-electron chi connectivity index (χ3n) is 5.93. The fourth-order valence-corrected chi connectivity index (χ4v) is 4.24. The fourth-order valence-electron chi connectivity index (χ4n) is 3.64. The SMILES string of the molecule is COc1cc(Nc2ncc(-c3cnc(OC)c(C(=O)NS(=O)(=O)C(C)C)c3)c(-n3ccc(C(F)(F)F)n3)n2)cc(OC)c1. The fraction of sp³-hybridized carbons (Fsp3) is 0.269. The van der Waals surface area contributed by atoms with E-state index < -0.39 is 33.1 Å². The third kappa shape index (κ3) is 6.94. The molecular formula is C26H26F3N7O6S. The van der Waals surface area contributed by atoms with Crippen molar-refractivity contribution in [3.8, 4) is 34.3 Å². The summed E-state index contributed by atoms with van der Waals surface area (Å²) in [7, 11) is 0.158. The molecule has 0 spiro atoms. The van der Waals surface area contributed by atoms with Crippen LogP contribution in [-0.2, 0) is 16.2 Å². The van der Waals surface area contributed by atoms with Gasteiger partial charge in [-0.15, -0.1) is 0 Å². The molecule has 0 radical (unpaired) electrons. The summed E-state index contributed by atoms with van der Waals surface area (Å²) >= 11 is 0. The lowest BCUT2D eigenvalue weighted by Crippen LogP contribution is -2.36. The van der Waals surface area contributed by atoms with Gasteiger partial charge in [0.2, 0.25) is 21.9 Å². The second-order valence-corrected chi connectivity index (χ2v) is 11.3. The lowest BCUT2D eigenvalue weighted by atomic mass is 10.1. The van der Waals surface area contributed by atoms with Gasteiger partial charge in [0.1, 0.15) is 17.1 Å². The van der Waals surface area contributed by atoms with Gasteiger partial charge in [-0.25, -0.2) is 27.8 Å². The molecule has 0 aliphatic carbocycles. The Morgan fingerprint density at radius 3 is 2.21 bits per heavy atom. The van der Waals surface area contributed by atoms with Crippen molar-refractivity contribution >= 4 is 27.6 Å². The number of nitrogens with one attached hydrogen (secondary N) is 2. The topological polar surface area (TPSA) is 159 Å². The molecular weight excluding hydrogens is 595 g/mol. The van der Waals surface area contributed by atoms with Gasteiger partial charge in [0.15, 0.2) is 11.5 Å². The van der Waals surface area contributed by atoms with E-state index in [1.54, 1.807) is 18.2 Å². The van der Waals surface area contributed by atoms with Crippen molar-refractivity contribution in [3.05, 3.63) is 60.2 Å². The number of pyridine rings is 1. The number of carbonyl (C=O) groups is 1. The second kappa shape index (κ2) is 12.1. The Morgan fingerprint density at radius 1 is 0.977 bits per heavy atom. The summed E-state index contributed by atoms with van der Waals surface area (Å²) in [6, 6.07) is 6.91. The van der Waals surface area contributed by atoms with Crippen LogP contribution in [-0.4, -0.2) is 65.6 Å². The molecule has 3 heterocycles. The number of carbonyl (C=O) groups excluding carboxylic acids is 1. The number of anilines is 2. The highest BCUT2D eigenvalue weighted by atomic mass is 32.2. The van der Waals surface area contributed by atoms with E-state index in [-0.39, 0.29) is 34.3 Å². The van der Waals surface area contributed by atoms with Crippen molar-refractivity contribution in [2.24, 2.45) is 0 Å². The number of sulfonamides is 1. The molecule has 1 amide bonds. The first-order chi connectivity index (χ1) is 20.2. The lowest BCUT2D eigenvalue weighted by Gasteiger charge is -2.15. The first-order valence-corrected chi connectivity index (χ1v) is 13.9. The number of nitrogens with zero attached hydrogens (tertiary/aromatic N) is 5. The number of amides is 1. The van der Waals surface area contributed by atoms with Gasteiger partial charge < -0.3 is 19.5 Å². The number of ether oxygens (including phenoxy) is 3. The molecule has 0 aliphatic heterocycles. The predicted octanol–water partition coefficient (Wildman–Crippen LogP) is 3.98. The van der Waals surface area contributed by atoms with Crippen molar-refractivity contribution in [3.63, 3.8) is 0 Å². The van der Waals surface area contributed by atoms with Gasteiger partial charge in [-0.3, -0.25) is 4.79 Å². The number of methoxy groups -OCH3 is 3. The van der Waals surface area contributed by atoms with Crippen LogP contribution in [0.25, 0.3) is 16.9 Å². The maximum atomic E-state index is 13.4. The molecule has 228 valence electrons. The predicted molar refractivity (Wildman–Crippen MR) is 148 cm³/mol. The smallest absolute Gasteiger partial charge is 0.435 e. The second-order valence-electron chi connectivity index (χ2n) is 9.11. The maximum Gasteiger partial charge on any atom is 0.435 e. The molecule has 13 nitrogen and oxygen atoms in total. The van der Waals surface area contributed by atoms with Crippen molar-refractivity contribution in [2.45, 2.75) is 25.3 Å². The molecule has 4 rings (SSSR count). The molecule has 43 heavy (non-hydrogen) atoms. The molecule has 0 aliphatic rings. The summed E-state index contributed by atoms with van der Waals surface area (Å²) in [5.74, 6) is -0.445. The molecule has 17 heteroatoms. The van der Waals surface area contributed by atoms with Crippen LogP contribution in [0.15, 0.2) is 48.9 Å². The molecule has 2 N–H and O–H groups in total. The average molecular weight is 622 g/mol. The lowest BCUT2D eigenvalue weighted by molar-refractivity contribution is -0.141. The van der Waals surface area contributed by atoms with E-state index in [9.17, 15) is 26.4 Å². The van der Waals surface area contributed by atoms with Crippen LogP contribution < -0.4 is 24.2 Å². The Labute approximate surface area is 244 Å². The molecule has 0 bridgehead atoms. The van der Waals surface area contributed by atoms with E-state index in [0.717, 1.165) is 16.9 Å². The van der Waals surface area contributed by atoms with Gasteiger partial charge >= 0.3 is 6.18 Å². The number of benzene rings is 1. The number of hydrogen-bond acceptors (Lipinski definition) is 11. The highest BCUT2D eigenvalue weighted by molar-refractivity contribution is 7.90. The van der Waals surface area contributed by atoms with E-state index >= 15 is 0 Å². The van der Waals surface area contributed by atoms with Gasteiger partial charge in [-0.1, -0.05) is 0 Å². The van der Waals surface area contributed by atoms with Crippen LogP contribution in [0.4, 0.5) is 24.8 Å². The Morgan fingerprint density at radius 2 is 1.65 bits per heavy atom.